The van der Waals surface area contributed by atoms with Gasteiger partial charge in [0, 0.05) is 19.2 Å². The van der Waals surface area contributed by atoms with Crippen molar-refractivity contribution < 1.29 is 9.53 Å². The highest BCUT2D eigenvalue weighted by molar-refractivity contribution is 5.91. The Bertz CT molecular complexity index is 1140. The van der Waals surface area contributed by atoms with Crippen molar-refractivity contribution in [1.29, 1.82) is 0 Å². The van der Waals surface area contributed by atoms with Crippen molar-refractivity contribution in [3.05, 3.63) is 93.9 Å². The summed E-state index contributed by atoms with van der Waals surface area (Å²) in [5.74, 6) is 1.22. The van der Waals surface area contributed by atoms with Crippen LogP contribution in [0.4, 0.5) is 0 Å². The van der Waals surface area contributed by atoms with Gasteiger partial charge < -0.3 is 10.1 Å². The summed E-state index contributed by atoms with van der Waals surface area (Å²) in [6, 6.07) is 20.4. The van der Waals surface area contributed by atoms with Crippen molar-refractivity contribution in [3.8, 4) is 5.75 Å². The fourth-order valence-corrected chi connectivity index (χ4v) is 4.11. The molecule has 34 heavy (non-hydrogen) atoms. The molecule has 0 radical (unpaired) electrons. The van der Waals surface area contributed by atoms with Crippen LogP contribution in [0.5, 0.6) is 5.75 Å². The van der Waals surface area contributed by atoms with Crippen LogP contribution in [0.3, 0.4) is 0 Å². The minimum Gasteiger partial charge on any atom is -0.492 e. The van der Waals surface area contributed by atoms with Gasteiger partial charge in [-0.05, 0) is 61.2 Å². The second-order valence-corrected chi connectivity index (χ2v) is 8.85. The summed E-state index contributed by atoms with van der Waals surface area (Å²) in [5, 5.41) is 7.20. The number of ether oxygens (including phenoxy) is 1. The van der Waals surface area contributed by atoms with Crippen molar-refractivity contribution in [3.63, 3.8) is 0 Å². The fraction of sp³-hybridized carbons (Fsp3) is 0.370. The molecule has 1 N–H and O–H groups in total. The molecule has 0 atom stereocenters. The quantitative estimate of drug-likeness (QED) is 0.529. The molecule has 1 aromatic heterocycles. The molecule has 0 bridgehead atoms. The van der Waals surface area contributed by atoms with Crippen LogP contribution in [0.1, 0.15) is 41.4 Å². The molecular formula is C27H32N4O3. The van der Waals surface area contributed by atoms with E-state index in [4.69, 9.17) is 4.74 Å². The molecule has 7 nitrogen and oxygen atoms in total. The number of para-hydroxylation sites is 1. The van der Waals surface area contributed by atoms with Gasteiger partial charge in [-0.25, -0.2) is 4.68 Å². The van der Waals surface area contributed by atoms with E-state index in [1.807, 2.05) is 42.5 Å². The topological polar surface area (TPSA) is 76.5 Å². The molecule has 3 aromatic rings. The van der Waals surface area contributed by atoms with Gasteiger partial charge in [-0.2, -0.15) is 5.10 Å². The number of carbonyl (C=O) groups is 1. The largest absolute Gasteiger partial charge is 0.492 e. The van der Waals surface area contributed by atoms with Crippen molar-refractivity contribution in [2.75, 3.05) is 19.7 Å². The lowest BCUT2D eigenvalue weighted by atomic mass is 9.98. The first-order valence-corrected chi connectivity index (χ1v) is 11.9. The Morgan fingerprint density at radius 3 is 2.47 bits per heavy atom. The van der Waals surface area contributed by atoms with E-state index in [1.54, 1.807) is 0 Å². The van der Waals surface area contributed by atoms with E-state index in [9.17, 15) is 9.59 Å². The number of nitrogens with one attached hydrogen (secondary N) is 1. The van der Waals surface area contributed by atoms with E-state index in [0.29, 0.717) is 6.54 Å². The maximum Gasteiger partial charge on any atom is 0.271 e. The molecule has 0 unspecified atom stereocenters. The predicted molar refractivity (Wildman–Crippen MR) is 132 cm³/mol. The molecule has 1 saturated heterocycles. The Kier molecular flexibility index (Phi) is 8.09. The van der Waals surface area contributed by atoms with Crippen LogP contribution in [0, 0.1) is 5.92 Å². The lowest BCUT2D eigenvalue weighted by molar-refractivity contribution is 0.0942. The molecular weight excluding hydrogens is 428 g/mol. The smallest absolute Gasteiger partial charge is 0.271 e. The highest BCUT2D eigenvalue weighted by atomic mass is 16.5. The Morgan fingerprint density at radius 2 is 1.71 bits per heavy atom. The zero-order valence-electron chi connectivity index (χ0n) is 19.7. The highest BCUT2D eigenvalue weighted by Gasteiger charge is 2.17. The number of benzene rings is 2. The zero-order valence-corrected chi connectivity index (χ0v) is 19.7. The Labute approximate surface area is 200 Å². The SMILES string of the molecule is CC1CCN(Cc2ccccc2CNC(=O)c2ccc(=O)n(CCOc3ccccc3)n2)CC1. The third-order valence-electron chi connectivity index (χ3n) is 6.24. The number of hydrogen-bond acceptors (Lipinski definition) is 5. The van der Waals surface area contributed by atoms with E-state index in [0.717, 1.165) is 36.9 Å². The first-order valence-electron chi connectivity index (χ1n) is 11.9. The van der Waals surface area contributed by atoms with Crippen LogP contribution < -0.4 is 15.6 Å². The molecule has 7 heteroatoms. The molecule has 0 spiro atoms. The third-order valence-corrected chi connectivity index (χ3v) is 6.24. The number of likely N-dealkylation sites (tertiary alicyclic amines) is 1. The number of rotatable bonds is 9. The zero-order chi connectivity index (χ0) is 23.8. The van der Waals surface area contributed by atoms with Gasteiger partial charge in [-0.3, -0.25) is 14.5 Å². The van der Waals surface area contributed by atoms with Crippen molar-refractivity contribution in [2.24, 2.45) is 5.92 Å². The van der Waals surface area contributed by atoms with E-state index < -0.39 is 0 Å². The van der Waals surface area contributed by atoms with E-state index in [-0.39, 0.29) is 30.3 Å². The monoisotopic (exact) mass is 460 g/mol. The van der Waals surface area contributed by atoms with E-state index >= 15 is 0 Å². The van der Waals surface area contributed by atoms with Gasteiger partial charge in [0.25, 0.3) is 11.5 Å². The van der Waals surface area contributed by atoms with E-state index in [1.165, 1.54) is 35.2 Å². The van der Waals surface area contributed by atoms with Gasteiger partial charge in [-0.1, -0.05) is 49.4 Å². The average Bonchev–Trinajstić information content (AvgIpc) is 2.86. The second kappa shape index (κ2) is 11.6. The molecule has 178 valence electrons. The van der Waals surface area contributed by atoms with E-state index in [2.05, 4.69) is 34.4 Å². The van der Waals surface area contributed by atoms with Gasteiger partial charge in [0.05, 0.1) is 6.54 Å². The standard InChI is InChI=1S/C27H32N4O3/c1-21-13-15-30(16-14-21)20-23-8-6-5-7-22(23)19-28-27(33)25-11-12-26(32)31(29-25)17-18-34-24-9-3-2-4-10-24/h2-12,21H,13-20H2,1H3,(H,28,33). The number of nitrogens with zero attached hydrogens (tertiary/aromatic N) is 3. The van der Waals surface area contributed by atoms with Crippen LogP contribution in [-0.4, -0.2) is 40.3 Å². The fourth-order valence-electron chi connectivity index (χ4n) is 4.11. The van der Waals surface area contributed by atoms with Crippen molar-refractivity contribution >= 4 is 5.91 Å². The van der Waals surface area contributed by atoms with Crippen LogP contribution >= 0.6 is 0 Å². The molecule has 1 amide bonds. The Balaban J connectivity index is 1.34. The maximum atomic E-state index is 12.8. The minimum absolute atomic E-state index is 0.210. The molecule has 0 aliphatic carbocycles. The van der Waals surface area contributed by atoms with Gasteiger partial charge in [0.15, 0.2) is 0 Å². The summed E-state index contributed by atoms with van der Waals surface area (Å²) < 4.78 is 6.91. The van der Waals surface area contributed by atoms with Crippen LogP contribution in [0.2, 0.25) is 0 Å². The minimum atomic E-state index is -0.306. The maximum absolute atomic E-state index is 12.8. The molecule has 2 heterocycles. The number of carbonyl (C=O) groups excluding carboxylic acids is 1. The van der Waals surface area contributed by atoms with Gasteiger partial charge >= 0.3 is 0 Å². The number of aromatic nitrogens is 2. The predicted octanol–water partition coefficient (Wildman–Crippen LogP) is 3.48. The average molecular weight is 461 g/mol. The number of amides is 1. The number of hydrogen-bond donors (Lipinski definition) is 1. The summed E-state index contributed by atoms with van der Waals surface area (Å²) in [6.45, 7) is 6.38. The molecule has 1 aliphatic heterocycles. The van der Waals surface area contributed by atoms with Crippen molar-refractivity contribution in [1.82, 2.24) is 20.0 Å². The van der Waals surface area contributed by atoms with Crippen LogP contribution in [0.25, 0.3) is 0 Å². The second-order valence-electron chi connectivity index (χ2n) is 8.85. The molecule has 2 aromatic carbocycles. The van der Waals surface area contributed by atoms with Crippen LogP contribution in [-0.2, 0) is 19.6 Å². The summed E-state index contributed by atoms with van der Waals surface area (Å²) in [5.41, 5.74) is 2.27. The Morgan fingerprint density at radius 1 is 1.00 bits per heavy atom. The van der Waals surface area contributed by atoms with Gasteiger partial charge in [-0.15, -0.1) is 0 Å². The van der Waals surface area contributed by atoms with Crippen LogP contribution in [0.15, 0.2) is 71.5 Å². The normalized spacial score (nSPS) is 14.6. The summed E-state index contributed by atoms with van der Waals surface area (Å²) >= 11 is 0. The lowest BCUT2D eigenvalue weighted by Gasteiger charge is -2.30. The highest BCUT2D eigenvalue weighted by Crippen LogP contribution is 2.19. The first kappa shape index (κ1) is 23.7. The summed E-state index contributed by atoms with van der Waals surface area (Å²) in [7, 11) is 0. The Hall–Kier alpha value is -3.45. The van der Waals surface area contributed by atoms with Crippen molar-refractivity contribution in [2.45, 2.75) is 39.4 Å². The van der Waals surface area contributed by atoms with Gasteiger partial charge in [0.1, 0.15) is 18.1 Å². The molecule has 1 fully saturated rings. The summed E-state index contributed by atoms with van der Waals surface area (Å²) in [6.07, 6.45) is 2.47. The lowest BCUT2D eigenvalue weighted by Crippen LogP contribution is -2.33. The third kappa shape index (κ3) is 6.54. The molecule has 0 saturated carbocycles. The molecule has 1 aliphatic rings. The summed E-state index contributed by atoms with van der Waals surface area (Å²) in [4.78, 5) is 27.4. The first-order chi connectivity index (χ1) is 16.6. The number of piperidine rings is 1. The molecule has 4 rings (SSSR count). The van der Waals surface area contributed by atoms with Gasteiger partial charge in [0.2, 0.25) is 0 Å².